The van der Waals surface area contributed by atoms with Gasteiger partial charge in [0.1, 0.15) is 5.92 Å². The highest BCUT2D eigenvalue weighted by Crippen LogP contribution is 2.18. The van der Waals surface area contributed by atoms with E-state index in [0.29, 0.717) is 6.61 Å². The van der Waals surface area contributed by atoms with Crippen LogP contribution >= 0.6 is 0 Å². The summed E-state index contributed by atoms with van der Waals surface area (Å²) in [6.07, 6.45) is 0.823. The van der Waals surface area contributed by atoms with Crippen molar-refractivity contribution in [3.05, 3.63) is 35.9 Å². The van der Waals surface area contributed by atoms with Crippen molar-refractivity contribution in [3.8, 4) is 6.07 Å². The van der Waals surface area contributed by atoms with E-state index in [9.17, 15) is 4.79 Å². The van der Waals surface area contributed by atoms with Crippen molar-refractivity contribution in [3.63, 3.8) is 0 Å². The smallest absolute Gasteiger partial charge is 0.242 e. The standard InChI is InChI=1S/C14H16N2O2/c1-10-13(7-8-18-10)16-14(17)12(9-15)11-5-3-2-4-6-11/h2-6,10,12-13H,7-8H2,1H3,(H,16,17). The van der Waals surface area contributed by atoms with E-state index in [1.165, 1.54) is 0 Å². The van der Waals surface area contributed by atoms with Crippen molar-refractivity contribution >= 4 is 5.91 Å². The van der Waals surface area contributed by atoms with Gasteiger partial charge in [0.05, 0.1) is 18.2 Å². The molecule has 1 fully saturated rings. The summed E-state index contributed by atoms with van der Waals surface area (Å²) in [7, 11) is 0. The van der Waals surface area contributed by atoms with Crippen molar-refractivity contribution in [2.24, 2.45) is 0 Å². The number of hydrogen-bond acceptors (Lipinski definition) is 3. The maximum atomic E-state index is 12.1. The van der Waals surface area contributed by atoms with Gasteiger partial charge in [-0.05, 0) is 18.9 Å². The molecule has 1 saturated heterocycles. The lowest BCUT2D eigenvalue weighted by molar-refractivity contribution is -0.122. The third-order valence-electron chi connectivity index (χ3n) is 3.23. The molecular formula is C14H16N2O2. The molecule has 1 heterocycles. The largest absolute Gasteiger partial charge is 0.376 e. The Balaban J connectivity index is 2.05. The molecule has 1 aromatic rings. The molecule has 1 aromatic carbocycles. The molecule has 3 atom stereocenters. The third kappa shape index (κ3) is 2.69. The zero-order valence-corrected chi connectivity index (χ0v) is 10.3. The Labute approximate surface area is 107 Å². The van der Waals surface area contributed by atoms with Crippen molar-refractivity contribution in [2.75, 3.05) is 6.61 Å². The summed E-state index contributed by atoms with van der Waals surface area (Å²) < 4.78 is 5.39. The van der Waals surface area contributed by atoms with Gasteiger partial charge in [-0.1, -0.05) is 30.3 Å². The summed E-state index contributed by atoms with van der Waals surface area (Å²) in [6.45, 7) is 2.59. The second-order valence-corrected chi connectivity index (χ2v) is 4.45. The minimum Gasteiger partial charge on any atom is -0.376 e. The number of benzene rings is 1. The van der Waals surface area contributed by atoms with Gasteiger partial charge < -0.3 is 10.1 Å². The number of amides is 1. The molecule has 94 valence electrons. The normalized spacial score (nSPS) is 24.2. The second-order valence-electron chi connectivity index (χ2n) is 4.45. The summed E-state index contributed by atoms with van der Waals surface area (Å²) in [5, 5.41) is 12.0. The number of carbonyl (C=O) groups excluding carboxylic acids is 1. The molecule has 0 aromatic heterocycles. The fraction of sp³-hybridized carbons (Fsp3) is 0.429. The summed E-state index contributed by atoms with van der Waals surface area (Å²) in [5.74, 6) is -0.995. The Bertz CT molecular complexity index is 453. The molecule has 4 heteroatoms. The van der Waals surface area contributed by atoms with Crippen LogP contribution < -0.4 is 5.32 Å². The highest BCUT2D eigenvalue weighted by molar-refractivity contribution is 5.86. The van der Waals surface area contributed by atoms with Crippen LogP contribution in [0.25, 0.3) is 0 Å². The molecule has 0 spiro atoms. The first-order valence-corrected chi connectivity index (χ1v) is 6.09. The number of ether oxygens (including phenoxy) is 1. The molecule has 2 rings (SSSR count). The van der Waals surface area contributed by atoms with Crippen LogP contribution in [-0.4, -0.2) is 24.7 Å². The Morgan fingerprint density at radius 2 is 2.22 bits per heavy atom. The summed E-state index contributed by atoms with van der Waals surface area (Å²) in [4.78, 5) is 12.1. The van der Waals surface area contributed by atoms with E-state index in [4.69, 9.17) is 10.00 Å². The molecule has 4 nitrogen and oxygen atoms in total. The lowest BCUT2D eigenvalue weighted by atomic mass is 9.99. The molecule has 0 bridgehead atoms. The fourth-order valence-electron chi connectivity index (χ4n) is 2.12. The van der Waals surface area contributed by atoms with Gasteiger partial charge >= 0.3 is 0 Å². The van der Waals surface area contributed by atoms with E-state index in [0.717, 1.165) is 12.0 Å². The molecule has 1 aliphatic rings. The van der Waals surface area contributed by atoms with Crippen molar-refractivity contribution in [1.82, 2.24) is 5.32 Å². The van der Waals surface area contributed by atoms with Crippen LogP contribution in [0.1, 0.15) is 24.8 Å². The van der Waals surface area contributed by atoms with Crippen molar-refractivity contribution < 1.29 is 9.53 Å². The molecule has 18 heavy (non-hydrogen) atoms. The Hall–Kier alpha value is -1.86. The Morgan fingerprint density at radius 1 is 1.50 bits per heavy atom. The molecule has 0 saturated carbocycles. The highest BCUT2D eigenvalue weighted by atomic mass is 16.5. The lowest BCUT2D eigenvalue weighted by Gasteiger charge is -2.18. The Morgan fingerprint density at radius 3 is 2.78 bits per heavy atom. The van der Waals surface area contributed by atoms with Crippen molar-refractivity contribution in [1.29, 1.82) is 5.26 Å². The molecule has 1 N–H and O–H groups in total. The Kier molecular flexibility index (Phi) is 3.96. The molecular weight excluding hydrogens is 228 g/mol. The quantitative estimate of drug-likeness (QED) is 0.878. The van der Waals surface area contributed by atoms with Crippen LogP contribution in [0, 0.1) is 11.3 Å². The first-order chi connectivity index (χ1) is 8.72. The van der Waals surface area contributed by atoms with Crippen LogP contribution in [0.5, 0.6) is 0 Å². The first-order valence-electron chi connectivity index (χ1n) is 6.09. The van der Waals surface area contributed by atoms with E-state index in [2.05, 4.69) is 11.4 Å². The van der Waals surface area contributed by atoms with E-state index in [-0.39, 0.29) is 18.1 Å². The van der Waals surface area contributed by atoms with Crippen LogP contribution in [0.15, 0.2) is 30.3 Å². The van der Waals surface area contributed by atoms with Gasteiger partial charge in [0.15, 0.2) is 0 Å². The molecule has 0 aliphatic carbocycles. The highest BCUT2D eigenvalue weighted by Gasteiger charge is 2.29. The number of nitriles is 1. The van der Waals surface area contributed by atoms with Gasteiger partial charge in [0, 0.05) is 6.61 Å². The predicted molar refractivity (Wildman–Crippen MR) is 66.8 cm³/mol. The maximum Gasteiger partial charge on any atom is 0.242 e. The predicted octanol–water partition coefficient (Wildman–Crippen LogP) is 1.59. The van der Waals surface area contributed by atoms with Gasteiger partial charge in [-0.15, -0.1) is 0 Å². The minimum absolute atomic E-state index is 0.0112. The molecule has 0 radical (unpaired) electrons. The van der Waals surface area contributed by atoms with Crippen LogP contribution in [0.4, 0.5) is 0 Å². The first kappa shape index (κ1) is 12.6. The van der Waals surface area contributed by atoms with E-state index in [1.54, 1.807) is 12.1 Å². The molecule has 1 amide bonds. The number of nitrogens with zero attached hydrogens (tertiary/aromatic N) is 1. The van der Waals surface area contributed by atoms with Gasteiger partial charge in [0.2, 0.25) is 5.91 Å². The van der Waals surface area contributed by atoms with Crippen molar-refractivity contribution in [2.45, 2.75) is 31.4 Å². The van der Waals surface area contributed by atoms with Gasteiger partial charge in [-0.2, -0.15) is 5.26 Å². The lowest BCUT2D eigenvalue weighted by Crippen LogP contribution is -2.41. The number of nitrogens with one attached hydrogen (secondary N) is 1. The average Bonchev–Trinajstić information content (AvgIpc) is 2.77. The van der Waals surface area contributed by atoms with E-state index < -0.39 is 5.92 Å². The van der Waals surface area contributed by atoms with Gasteiger partial charge in [0.25, 0.3) is 0 Å². The second kappa shape index (κ2) is 5.65. The third-order valence-corrected chi connectivity index (χ3v) is 3.23. The maximum absolute atomic E-state index is 12.1. The summed E-state index contributed by atoms with van der Waals surface area (Å²) >= 11 is 0. The topological polar surface area (TPSA) is 62.1 Å². The number of carbonyl (C=O) groups is 1. The zero-order chi connectivity index (χ0) is 13.0. The average molecular weight is 244 g/mol. The monoisotopic (exact) mass is 244 g/mol. The van der Waals surface area contributed by atoms with Crippen LogP contribution in [0.3, 0.4) is 0 Å². The van der Waals surface area contributed by atoms with Gasteiger partial charge in [-0.3, -0.25) is 4.79 Å². The SMILES string of the molecule is CC1OCCC1NC(=O)C(C#N)c1ccccc1. The molecule has 3 unspecified atom stereocenters. The zero-order valence-electron chi connectivity index (χ0n) is 10.3. The minimum atomic E-state index is -0.751. The van der Waals surface area contributed by atoms with E-state index >= 15 is 0 Å². The number of hydrogen-bond donors (Lipinski definition) is 1. The van der Waals surface area contributed by atoms with E-state index in [1.807, 2.05) is 25.1 Å². The fourth-order valence-corrected chi connectivity index (χ4v) is 2.12. The van der Waals surface area contributed by atoms with Crippen LogP contribution in [-0.2, 0) is 9.53 Å². The number of rotatable bonds is 3. The van der Waals surface area contributed by atoms with Gasteiger partial charge in [-0.25, -0.2) is 0 Å². The van der Waals surface area contributed by atoms with Crippen LogP contribution in [0.2, 0.25) is 0 Å². The molecule has 1 aliphatic heterocycles. The summed E-state index contributed by atoms with van der Waals surface area (Å²) in [5.41, 5.74) is 0.726. The summed E-state index contributed by atoms with van der Waals surface area (Å²) in [6, 6.07) is 11.2.